The van der Waals surface area contributed by atoms with Crippen LogP contribution in [0.3, 0.4) is 0 Å². The maximum absolute atomic E-state index is 11.1. The first-order valence-electron chi connectivity index (χ1n) is 12.7. The average molecular weight is 493 g/mol. The number of phenols is 2. The van der Waals surface area contributed by atoms with E-state index in [1.807, 2.05) is 12.1 Å². The minimum atomic E-state index is -0.243. The maximum Gasteiger partial charge on any atom is 0.126 e. The van der Waals surface area contributed by atoms with E-state index in [0.717, 1.165) is 22.3 Å². The van der Waals surface area contributed by atoms with Crippen LogP contribution >= 0.6 is 0 Å². The molecular weight excluding hydrogens is 444 g/mol. The van der Waals surface area contributed by atoms with E-state index in [1.54, 1.807) is 12.2 Å². The molecule has 2 aromatic rings. The van der Waals surface area contributed by atoms with Gasteiger partial charge in [-0.15, -0.1) is 0 Å². The Kier molecular flexibility index (Phi) is 7.77. The van der Waals surface area contributed by atoms with E-state index in [-0.39, 0.29) is 33.2 Å². The van der Waals surface area contributed by atoms with Crippen LogP contribution in [0.15, 0.2) is 35.7 Å². The third-order valence-electron chi connectivity index (χ3n) is 6.58. The van der Waals surface area contributed by atoms with Crippen molar-refractivity contribution in [2.24, 2.45) is 11.5 Å². The number of rotatable bonds is 3. The average Bonchev–Trinajstić information content (AvgIpc) is 2.67. The Hall–Kier alpha value is -2.88. The lowest BCUT2D eigenvalue weighted by Gasteiger charge is -2.27. The lowest BCUT2D eigenvalue weighted by Crippen LogP contribution is -2.18. The van der Waals surface area contributed by atoms with Crippen LogP contribution in [0.1, 0.15) is 116 Å². The summed E-state index contributed by atoms with van der Waals surface area (Å²) in [7, 11) is 0. The van der Waals surface area contributed by atoms with Crippen molar-refractivity contribution >= 4 is 12.2 Å². The maximum atomic E-state index is 11.1. The molecule has 0 spiro atoms. The van der Waals surface area contributed by atoms with Crippen molar-refractivity contribution in [1.82, 2.24) is 0 Å². The first-order valence-corrected chi connectivity index (χ1v) is 12.7. The van der Waals surface area contributed by atoms with Gasteiger partial charge in [-0.25, -0.2) is 0 Å². The topological polar surface area (TPSA) is 92.5 Å². The molecule has 0 bridgehead atoms. The Morgan fingerprint density at radius 1 is 0.528 bits per heavy atom. The molecule has 0 aliphatic rings. The van der Waals surface area contributed by atoms with Gasteiger partial charge in [0.25, 0.3) is 0 Å². The third-order valence-corrected chi connectivity index (χ3v) is 6.58. The van der Waals surface area contributed by atoms with E-state index in [9.17, 15) is 10.2 Å². The molecule has 0 saturated carbocycles. The zero-order chi connectivity index (χ0) is 28.0. The van der Waals surface area contributed by atoms with E-state index >= 15 is 0 Å². The summed E-state index contributed by atoms with van der Waals surface area (Å²) >= 11 is 0. The molecule has 0 unspecified atom stereocenters. The highest BCUT2D eigenvalue weighted by molar-refractivity contribution is 5.71. The number of hydrogen-bond donors (Lipinski definition) is 4. The Morgan fingerprint density at radius 2 is 0.806 bits per heavy atom. The highest BCUT2D eigenvalue weighted by Gasteiger charge is 2.26. The van der Waals surface area contributed by atoms with Crippen LogP contribution in [-0.4, -0.2) is 10.2 Å². The minimum absolute atomic E-state index is 0.102. The van der Waals surface area contributed by atoms with Crippen molar-refractivity contribution in [1.29, 1.82) is 0 Å². The zero-order valence-corrected chi connectivity index (χ0v) is 24.5. The van der Waals surface area contributed by atoms with Crippen LogP contribution < -0.4 is 11.5 Å². The molecule has 0 aliphatic carbocycles. The first-order chi connectivity index (χ1) is 16.0. The molecule has 6 N–H and O–H groups in total. The third kappa shape index (κ3) is 6.66. The van der Waals surface area contributed by atoms with Crippen LogP contribution in [0.4, 0.5) is 0 Å². The number of nitrogens with two attached hydrogens (primary N) is 2. The van der Waals surface area contributed by atoms with E-state index in [1.165, 1.54) is 0 Å². The molecule has 0 radical (unpaired) electrons. The number of benzene rings is 2. The summed E-state index contributed by atoms with van der Waals surface area (Å²) in [5.41, 5.74) is 18.1. The molecule has 0 aliphatic heterocycles. The van der Waals surface area contributed by atoms with Crippen LogP contribution in [0.25, 0.3) is 12.2 Å². The molecule has 0 atom stereocenters. The van der Waals surface area contributed by atoms with Gasteiger partial charge in [0.1, 0.15) is 11.5 Å². The largest absolute Gasteiger partial charge is 0.507 e. The van der Waals surface area contributed by atoms with Crippen molar-refractivity contribution in [3.63, 3.8) is 0 Å². The smallest absolute Gasteiger partial charge is 0.126 e. The lowest BCUT2D eigenvalue weighted by molar-refractivity contribution is 0.442. The normalized spacial score (nSPS) is 14.3. The molecule has 2 aromatic carbocycles. The first kappa shape index (κ1) is 29.4. The molecule has 0 amide bonds. The van der Waals surface area contributed by atoms with E-state index in [0.29, 0.717) is 22.5 Å². The standard InChI is InChI=1S/C32H48N2O2/c1-29(2,3)21-13-19(27(35)23(17-21)31(7,8)9)15-25(33)26(34)16-20-14-22(30(4,5)6)18-24(28(20)36)32(10,11)12/h13-18,35-36H,33-34H2,1-12H3. The van der Waals surface area contributed by atoms with Crippen molar-refractivity contribution in [2.45, 2.75) is 105 Å². The number of phenolic OH excluding ortho intramolecular Hbond substituents is 2. The van der Waals surface area contributed by atoms with Crippen LogP contribution in [-0.2, 0) is 21.7 Å². The predicted octanol–water partition coefficient (Wildman–Crippen LogP) is 7.59. The molecular formula is C32H48N2O2. The summed E-state index contributed by atoms with van der Waals surface area (Å²) in [5, 5.41) is 22.3. The van der Waals surface area contributed by atoms with Crippen LogP contribution in [0.5, 0.6) is 11.5 Å². The highest BCUT2D eigenvalue weighted by atomic mass is 16.3. The fourth-order valence-corrected chi connectivity index (χ4v) is 4.05. The molecule has 0 heterocycles. The molecule has 0 aromatic heterocycles. The summed E-state index contributed by atoms with van der Waals surface area (Å²) in [6, 6.07) is 8.10. The molecule has 0 saturated heterocycles. The fourth-order valence-electron chi connectivity index (χ4n) is 4.05. The van der Waals surface area contributed by atoms with Crippen molar-refractivity contribution < 1.29 is 10.2 Å². The molecule has 0 fully saturated rings. The second-order valence-corrected chi connectivity index (χ2v) is 14.1. The zero-order valence-electron chi connectivity index (χ0n) is 24.5. The van der Waals surface area contributed by atoms with Gasteiger partial charge in [0.15, 0.2) is 0 Å². The number of hydrogen-bond acceptors (Lipinski definition) is 4. The predicted molar refractivity (Wildman–Crippen MR) is 155 cm³/mol. The summed E-state index contributed by atoms with van der Waals surface area (Å²) in [5.74, 6) is 0.415. The van der Waals surface area contributed by atoms with Crippen LogP contribution in [0.2, 0.25) is 0 Å². The second kappa shape index (κ2) is 9.53. The van der Waals surface area contributed by atoms with Gasteiger partial charge < -0.3 is 21.7 Å². The summed E-state index contributed by atoms with van der Waals surface area (Å²) in [6.07, 6.45) is 3.45. The SMILES string of the molecule is CC(C)(C)c1cc(C=C(N)C(N)=Cc2cc(C(C)(C)C)cc(C(C)(C)C)c2O)c(O)c(C(C)(C)C)c1. The highest BCUT2D eigenvalue weighted by Crippen LogP contribution is 2.40. The quantitative estimate of drug-likeness (QED) is 0.332. The number of aromatic hydroxyl groups is 2. The van der Waals surface area contributed by atoms with Gasteiger partial charge in [0.2, 0.25) is 0 Å². The fraction of sp³-hybridized carbons (Fsp3) is 0.500. The van der Waals surface area contributed by atoms with Crippen LogP contribution in [0, 0.1) is 0 Å². The second-order valence-electron chi connectivity index (χ2n) is 14.1. The van der Waals surface area contributed by atoms with Gasteiger partial charge in [-0.3, -0.25) is 0 Å². The van der Waals surface area contributed by atoms with Crippen molar-refractivity contribution in [3.05, 3.63) is 69.0 Å². The van der Waals surface area contributed by atoms with Gasteiger partial charge in [-0.1, -0.05) is 95.2 Å². The van der Waals surface area contributed by atoms with E-state index in [4.69, 9.17) is 11.5 Å². The van der Waals surface area contributed by atoms with Gasteiger partial charge in [0.05, 0.1) is 11.4 Å². The Balaban J connectivity index is 2.72. The Labute approximate surface area is 219 Å². The molecule has 36 heavy (non-hydrogen) atoms. The van der Waals surface area contributed by atoms with Gasteiger partial charge in [-0.2, -0.15) is 0 Å². The van der Waals surface area contributed by atoms with Gasteiger partial charge >= 0.3 is 0 Å². The van der Waals surface area contributed by atoms with Crippen molar-refractivity contribution in [3.8, 4) is 11.5 Å². The molecule has 4 heteroatoms. The van der Waals surface area contributed by atoms with Gasteiger partial charge in [0, 0.05) is 22.3 Å². The van der Waals surface area contributed by atoms with Crippen molar-refractivity contribution in [2.75, 3.05) is 0 Å². The summed E-state index contributed by atoms with van der Waals surface area (Å²) < 4.78 is 0. The Bertz CT molecular complexity index is 1090. The van der Waals surface area contributed by atoms with E-state index < -0.39 is 0 Å². The molecule has 2 rings (SSSR count). The minimum Gasteiger partial charge on any atom is -0.507 e. The molecule has 4 nitrogen and oxygen atoms in total. The molecule has 198 valence electrons. The van der Waals surface area contributed by atoms with E-state index in [2.05, 4.69) is 95.2 Å². The monoisotopic (exact) mass is 492 g/mol. The lowest BCUT2D eigenvalue weighted by atomic mass is 9.78. The summed E-state index contributed by atoms with van der Waals surface area (Å²) in [4.78, 5) is 0. The summed E-state index contributed by atoms with van der Waals surface area (Å²) in [6.45, 7) is 25.4. The Morgan fingerprint density at radius 3 is 1.03 bits per heavy atom. The van der Waals surface area contributed by atoms with Gasteiger partial charge in [-0.05, 0) is 57.1 Å².